The van der Waals surface area contributed by atoms with Gasteiger partial charge in [-0.1, -0.05) is 92.7 Å². The third kappa shape index (κ3) is 7.99. The van der Waals surface area contributed by atoms with Crippen LogP contribution in [0.3, 0.4) is 0 Å². The van der Waals surface area contributed by atoms with E-state index in [0.717, 1.165) is 43.9 Å². The number of nitrogens with one attached hydrogen (secondary N) is 1. The number of aryl methyl sites for hydroxylation is 1. The number of benzene rings is 1. The molecule has 0 unspecified atom stereocenters. The van der Waals surface area contributed by atoms with E-state index in [2.05, 4.69) is 69.9 Å². The summed E-state index contributed by atoms with van der Waals surface area (Å²) >= 11 is 0. The quantitative estimate of drug-likeness (QED) is 0.303. The lowest BCUT2D eigenvalue weighted by molar-refractivity contribution is 0.352. The van der Waals surface area contributed by atoms with Crippen molar-refractivity contribution in [1.29, 1.82) is 0 Å². The predicted molar refractivity (Wildman–Crippen MR) is 164 cm³/mol. The van der Waals surface area contributed by atoms with Crippen molar-refractivity contribution in [3.8, 4) is 11.1 Å². The molecule has 1 N–H and O–H groups in total. The van der Waals surface area contributed by atoms with Crippen molar-refractivity contribution < 1.29 is 0 Å². The van der Waals surface area contributed by atoms with Crippen LogP contribution in [0.1, 0.15) is 96.9 Å². The number of H-pyrrole nitrogens is 1. The van der Waals surface area contributed by atoms with E-state index in [-0.39, 0.29) is 0 Å². The average Bonchev–Trinajstić information content (AvgIpc) is 3.71. The molecule has 2 aliphatic heterocycles. The maximum absolute atomic E-state index is 4.66. The number of fused-ring (bicyclic) bond motifs is 2. The number of unbranched alkanes of at least 4 members (excludes halogenated alkanes) is 5. The van der Waals surface area contributed by atoms with Crippen LogP contribution in [-0.2, 0) is 26.4 Å². The van der Waals surface area contributed by atoms with Crippen LogP contribution in [0.15, 0.2) is 43.4 Å². The number of rotatable bonds is 8. The fraction of sp³-hybridized carbons (Fsp3) is 0.562. The van der Waals surface area contributed by atoms with Gasteiger partial charge in [0.25, 0.3) is 0 Å². The van der Waals surface area contributed by atoms with Crippen molar-refractivity contribution in [3.05, 3.63) is 60.2 Å². The van der Waals surface area contributed by atoms with Crippen LogP contribution in [0.4, 0.5) is 11.5 Å². The van der Waals surface area contributed by atoms with Crippen LogP contribution in [-0.4, -0.2) is 38.0 Å². The van der Waals surface area contributed by atoms with E-state index >= 15 is 0 Å². The minimum atomic E-state index is 0.879. The maximum Gasteiger partial charge on any atom is 0.160 e. The van der Waals surface area contributed by atoms with Gasteiger partial charge in [-0.2, -0.15) is 10.2 Å². The average molecular weight is 521 g/mol. The molecule has 0 amide bonds. The van der Waals surface area contributed by atoms with Crippen molar-refractivity contribution in [2.75, 3.05) is 18.0 Å². The van der Waals surface area contributed by atoms with E-state index < -0.39 is 0 Å². The van der Waals surface area contributed by atoms with E-state index in [0.29, 0.717) is 0 Å². The fourth-order valence-corrected chi connectivity index (χ4v) is 4.91. The van der Waals surface area contributed by atoms with Gasteiger partial charge in [-0.05, 0) is 35.9 Å². The molecule has 1 aromatic carbocycles. The number of nitrogens with zero attached hydrogens (tertiary/aromatic N) is 5. The van der Waals surface area contributed by atoms with Gasteiger partial charge in [0, 0.05) is 61.8 Å². The first kappa shape index (κ1) is 31.2. The molecule has 0 radical (unpaired) electrons. The summed E-state index contributed by atoms with van der Waals surface area (Å²) < 4.78 is 1.84. The smallest absolute Gasteiger partial charge is 0.160 e. The molecule has 6 nitrogen and oxygen atoms in total. The van der Waals surface area contributed by atoms with Crippen LogP contribution < -0.4 is 4.90 Å². The SMILES string of the molecule is C=CN1CCc2[nH]nc(N3CCc4cc(-c5cnn(C)c5)ccc43)c2C1.CC.CC.CCCCCCCC. The topological polar surface area (TPSA) is 53.0 Å². The molecule has 4 heterocycles. The molecule has 0 saturated heterocycles. The van der Waals surface area contributed by atoms with E-state index in [1.165, 1.54) is 66.6 Å². The molecule has 0 saturated carbocycles. The Morgan fingerprint density at radius 2 is 1.66 bits per heavy atom. The maximum atomic E-state index is 4.66. The van der Waals surface area contributed by atoms with Gasteiger partial charge in [-0.25, -0.2) is 0 Å². The summed E-state index contributed by atoms with van der Waals surface area (Å²) in [5, 5.41) is 12.2. The minimum absolute atomic E-state index is 0.879. The molecule has 38 heavy (non-hydrogen) atoms. The third-order valence-corrected chi connectivity index (χ3v) is 6.93. The fourth-order valence-electron chi connectivity index (χ4n) is 4.91. The summed E-state index contributed by atoms with van der Waals surface area (Å²) in [6.07, 6.45) is 16.4. The van der Waals surface area contributed by atoms with Crippen molar-refractivity contribution in [1.82, 2.24) is 24.9 Å². The van der Waals surface area contributed by atoms with Gasteiger partial charge in [0.2, 0.25) is 0 Å². The zero-order valence-electron chi connectivity index (χ0n) is 25.2. The molecule has 5 rings (SSSR count). The van der Waals surface area contributed by atoms with Gasteiger partial charge in [-0.3, -0.25) is 9.78 Å². The minimum Gasteiger partial charge on any atom is -0.373 e. The number of hydrogen-bond donors (Lipinski definition) is 1. The van der Waals surface area contributed by atoms with E-state index in [1.807, 2.05) is 51.8 Å². The second-order valence-electron chi connectivity index (χ2n) is 9.47. The van der Waals surface area contributed by atoms with E-state index in [9.17, 15) is 0 Å². The van der Waals surface area contributed by atoms with Crippen LogP contribution >= 0.6 is 0 Å². The molecule has 6 heteroatoms. The predicted octanol–water partition coefficient (Wildman–Crippen LogP) is 8.43. The van der Waals surface area contributed by atoms with E-state index in [1.54, 1.807) is 0 Å². The largest absolute Gasteiger partial charge is 0.373 e. The Balaban J connectivity index is 0.000000363. The summed E-state index contributed by atoms with van der Waals surface area (Å²) in [7, 11) is 1.95. The number of aromatic nitrogens is 4. The highest BCUT2D eigenvalue weighted by Gasteiger charge is 2.28. The van der Waals surface area contributed by atoms with Crippen LogP contribution in [0.25, 0.3) is 11.1 Å². The molecule has 210 valence electrons. The Kier molecular flexibility index (Phi) is 13.7. The number of hydrogen-bond acceptors (Lipinski definition) is 4. The van der Waals surface area contributed by atoms with Gasteiger partial charge in [0.15, 0.2) is 5.82 Å². The molecule has 0 spiro atoms. The standard InChI is InChI=1S/C20H22N6.C8H18.2C2H6/c1-3-25-8-7-18-17(13-25)20(23-22-18)26-9-6-15-10-14(4-5-19(15)26)16-11-21-24(2)12-16;1-3-5-7-8-6-4-2;2*1-2/h3-5,10-12H,1,6-9,13H2,2H3,(H,22,23);3-8H2,1-2H3;2*1-2H3. The Bertz CT molecular complexity index is 1070. The van der Waals surface area contributed by atoms with Gasteiger partial charge >= 0.3 is 0 Å². The third-order valence-electron chi connectivity index (χ3n) is 6.93. The molecule has 0 bridgehead atoms. The van der Waals surface area contributed by atoms with Crippen molar-refractivity contribution in [2.24, 2.45) is 7.05 Å². The summed E-state index contributed by atoms with van der Waals surface area (Å²) in [4.78, 5) is 4.61. The molecular formula is C32H52N6. The molecule has 0 atom stereocenters. The summed E-state index contributed by atoms with van der Waals surface area (Å²) in [6, 6.07) is 6.70. The second-order valence-corrected chi connectivity index (χ2v) is 9.47. The molecule has 0 aliphatic carbocycles. The highest BCUT2D eigenvalue weighted by Crippen LogP contribution is 2.39. The zero-order valence-corrected chi connectivity index (χ0v) is 25.2. The van der Waals surface area contributed by atoms with Gasteiger partial charge in [-0.15, -0.1) is 0 Å². The van der Waals surface area contributed by atoms with Crippen molar-refractivity contribution in [2.45, 2.75) is 99.5 Å². The Morgan fingerprint density at radius 3 is 2.26 bits per heavy atom. The van der Waals surface area contributed by atoms with Crippen LogP contribution in [0.2, 0.25) is 0 Å². The lowest BCUT2D eigenvalue weighted by Crippen LogP contribution is -2.26. The first-order valence-electron chi connectivity index (χ1n) is 15.0. The number of anilines is 2. The Morgan fingerprint density at radius 1 is 0.947 bits per heavy atom. The highest BCUT2D eigenvalue weighted by atomic mass is 15.3. The van der Waals surface area contributed by atoms with Gasteiger partial charge < -0.3 is 9.80 Å². The summed E-state index contributed by atoms with van der Waals surface area (Å²) in [5.41, 5.74) is 7.59. The Hall–Kier alpha value is -3.02. The molecular weight excluding hydrogens is 468 g/mol. The molecule has 3 aromatic rings. The van der Waals surface area contributed by atoms with Crippen LogP contribution in [0.5, 0.6) is 0 Å². The van der Waals surface area contributed by atoms with Gasteiger partial charge in [0.05, 0.1) is 6.20 Å². The monoisotopic (exact) mass is 520 g/mol. The molecule has 2 aliphatic rings. The van der Waals surface area contributed by atoms with Gasteiger partial charge in [0.1, 0.15) is 0 Å². The highest BCUT2D eigenvalue weighted by molar-refractivity contribution is 5.75. The summed E-state index contributed by atoms with van der Waals surface area (Å²) in [6.45, 7) is 19.3. The second kappa shape index (κ2) is 16.7. The van der Waals surface area contributed by atoms with Crippen molar-refractivity contribution >= 4 is 11.5 Å². The number of aromatic amines is 1. The summed E-state index contributed by atoms with van der Waals surface area (Å²) in [5.74, 6) is 1.07. The zero-order chi connectivity index (χ0) is 27.9. The first-order valence-corrected chi connectivity index (χ1v) is 15.0. The van der Waals surface area contributed by atoms with E-state index in [4.69, 9.17) is 0 Å². The first-order chi connectivity index (χ1) is 18.6. The Labute approximate surface area is 232 Å². The molecule has 2 aromatic heterocycles. The lowest BCUT2D eigenvalue weighted by Gasteiger charge is -2.27. The molecule has 0 fully saturated rings. The normalized spacial score (nSPS) is 13.2. The van der Waals surface area contributed by atoms with Crippen molar-refractivity contribution in [3.63, 3.8) is 0 Å². The van der Waals surface area contributed by atoms with Crippen LogP contribution in [0, 0.1) is 0 Å². The lowest BCUT2D eigenvalue weighted by atomic mass is 10.0.